The maximum atomic E-state index is 4.90. The number of rotatable bonds is 5. The number of anilines is 3. The summed E-state index contributed by atoms with van der Waals surface area (Å²) >= 11 is 1.62. The summed E-state index contributed by atoms with van der Waals surface area (Å²) in [5.41, 5.74) is 4.12. The summed E-state index contributed by atoms with van der Waals surface area (Å²) in [6, 6.07) is 29.9. The van der Waals surface area contributed by atoms with E-state index in [1.165, 1.54) is 0 Å². The second kappa shape index (κ2) is 9.46. The molecule has 5 rings (SSSR count). The van der Waals surface area contributed by atoms with E-state index >= 15 is 0 Å². The van der Waals surface area contributed by atoms with Gasteiger partial charge in [-0.3, -0.25) is 9.38 Å². The van der Waals surface area contributed by atoms with E-state index in [2.05, 4.69) is 51.9 Å². The SMILES string of the molecule is [Pt+2].[c-]1c(C2=NSCC2)cccc1N(c1ccccc1)c1cccc(-n2[c-]ccc2)n1. The molecule has 0 saturated carbocycles. The second-order valence-electron chi connectivity index (χ2n) is 6.60. The molecular weight excluding hydrogens is 571 g/mol. The van der Waals surface area contributed by atoms with Crippen molar-refractivity contribution in [3.05, 3.63) is 103 Å². The molecule has 6 heteroatoms. The first kappa shape index (κ1) is 20.6. The minimum absolute atomic E-state index is 0. The van der Waals surface area contributed by atoms with Crippen LogP contribution in [-0.2, 0) is 21.1 Å². The molecule has 0 spiro atoms. The van der Waals surface area contributed by atoms with Gasteiger partial charge < -0.3 is 9.47 Å². The van der Waals surface area contributed by atoms with Gasteiger partial charge in [-0.1, -0.05) is 36.5 Å². The standard InChI is InChI=1S/C24H18N4S.Pt/c1-2-9-20(10-3-1)28(21-11-6-8-19(18-21)22-14-17-29-26-22)24-13-7-12-23(25-24)27-15-4-5-16-27;/h1-13,15H,14,17H2;/q-2;+2. The molecule has 1 aliphatic rings. The minimum Gasteiger partial charge on any atom is -0.436 e. The molecular formula is C24H18N4PtS. The molecule has 0 saturated heterocycles. The molecule has 0 fully saturated rings. The Morgan fingerprint density at radius 2 is 1.80 bits per heavy atom. The van der Waals surface area contributed by atoms with Crippen molar-refractivity contribution in [2.75, 3.05) is 10.7 Å². The van der Waals surface area contributed by atoms with Crippen molar-refractivity contribution in [3.63, 3.8) is 0 Å². The molecule has 0 aliphatic carbocycles. The molecule has 2 aromatic heterocycles. The van der Waals surface area contributed by atoms with Crippen LogP contribution in [0.1, 0.15) is 12.0 Å². The molecule has 4 nitrogen and oxygen atoms in total. The van der Waals surface area contributed by atoms with E-state index in [9.17, 15) is 0 Å². The summed E-state index contributed by atoms with van der Waals surface area (Å²) < 4.78 is 6.45. The second-order valence-corrected chi connectivity index (χ2v) is 7.45. The Kier molecular flexibility index (Phi) is 6.51. The summed E-state index contributed by atoms with van der Waals surface area (Å²) in [6.45, 7) is 0. The number of pyridine rings is 1. The first-order valence-corrected chi connectivity index (χ1v) is 10.4. The van der Waals surface area contributed by atoms with Crippen LogP contribution in [0.4, 0.5) is 17.2 Å². The molecule has 0 unspecified atom stereocenters. The van der Waals surface area contributed by atoms with E-state index in [-0.39, 0.29) is 21.1 Å². The van der Waals surface area contributed by atoms with Gasteiger partial charge in [-0.05, 0) is 48.0 Å². The Balaban J connectivity index is 0.00000218. The molecule has 3 heterocycles. The molecule has 30 heavy (non-hydrogen) atoms. The van der Waals surface area contributed by atoms with E-state index in [4.69, 9.17) is 4.98 Å². The van der Waals surface area contributed by atoms with Crippen molar-refractivity contribution >= 4 is 34.9 Å². The Morgan fingerprint density at radius 1 is 0.933 bits per heavy atom. The van der Waals surface area contributed by atoms with Gasteiger partial charge in [0.15, 0.2) is 0 Å². The number of nitrogens with zero attached hydrogens (tertiary/aromatic N) is 4. The zero-order valence-electron chi connectivity index (χ0n) is 16.0. The van der Waals surface area contributed by atoms with Crippen molar-refractivity contribution in [2.45, 2.75) is 6.42 Å². The summed E-state index contributed by atoms with van der Waals surface area (Å²) in [5, 5.41) is 0. The van der Waals surface area contributed by atoms with Crippen LogP contribution in [-0.4, -0.2) is 21.0 Å². The van der Waals surface area contributed by atoms with Gasteiger partial charge >= 0.3 is 21.1 Å². The monoisotopic (exact) mass is 589 g/mol. The summed E-state index contributed by atoms with van der Waals surface area (Å²) in [7, 11) is 0. The number of para-hydroxylation sites is 1. The fourth-order valence-electron chi connectivity index (χ4n) is 3.33. The Hall–Kier alpha value is -2.62. The van der Waals surface area contributed by atoms with Crippen LogP contribution in [0.2, 0.25) is 0 Å². The van der Waals surface area contributed by atoms with Crippen LogP contribution in [0, 0.1) is 12.3 Å². The van der Waals surface area contributed by atoms with Gasteiger partial charge in [-0.25, -0.2) is 0 Å². The van der Waals surface area contributed by atoms with Crippen LogP contribution in [0.15, 0.2) is 89.5 Å². The third kappa shape index (κ3) is 4.28. The average molecular weight is 590 g/mol. The molecule has 0 amide bonds. The molecule has 0 N–H and O–H groups in total. The Labute approximate surface area is 195 Å². The van der Waals surface area contributed by atoms with Gasteiger partial charge in [0.25, 0.3) is 0 Å². The summed E-state index contributed by atoms with van der Waals surface area (Å²) in [6.07, 6.45) is 6.08. The van der Waals surface area contributed by atoms with Gasteiger partial charge in [0.05, 0.1) is 5.82 Å². The Morgan fingerprint density at radius 3 is 2.57 bits per heavy atom. The molecule has 0 atom stereocenters. The van der Waals surface area contributed by atoms with Crippen LogP contribution in [0.25, 0.3) is 5.82 Å². The molecule has 1 aliphatic heterocycles. The van der Waals surface area contributed by atoms with Crippen molar-refractivity contribution in [2.24, 2.45) is 4.40 Å². The normalized spacial score (nSPS) is 12.9. The molecule has 0 bridgehead atoms. The smallest absolute Gasteiger partial charge is 0.436 e. The first-order chi connectivity index (χ1) is 14.4. The largest absolute Gasteiger partial charge is 2.00 e. The van der Waals surface area contributed by atoms with E-state index in [1.54, 1.807) is 11.9 Å². The molecule has 4 aromatic rings. The third-order valence-corrected chi connectivity index (χ3v) is 5.43. The van der Waals surface area contributed by atoms with Crippen molar-refractivity contribution < 1.29 is 21.1 Å². The minimum atomic E-state index is 0. The number of hydrogen-bond donors (Lipinski definition) is 0. The summed E-state index contributed by atoms with van der Waals surface area (Å²) in [5.74, 6) is 2.68. The maximum absolute atomic E-state index is 4.90. The first-order valence-electron chi connectivity index (χ1n) is 9.48. The molecule has 2 aromatic carbocycles. The predicted octanol–water partition coefficient (Wildman–Crippen LogP) is 5.78. The molecule has 0 radical (unpaired) electrons. The van der Waals surface area contributed by atoms with Gasteiger partial charge in [-0.2, -0.15) is 6.07 Å². The zero-order valence-corrected chi connectivity index (χ0v) is 19.1. The number of hydrogen-bond acceptors (Lipinski definition) is 4. The van der Waals surface area contributed by atoms with Gasteiger partial charge in [0.1, 0.15) is 5.82 Å². The van der Waals surface area contributed by atoms with Crippen LogP contribution >= 0.6 is 11.9 Å². The van der Waals surface area contributed by atoms with Gasteiger partial charge in [0.2, 0.25) is 0 Å². The predicted molar refractivity (Wildman–Crippen MR) is 120 cm³/mol. The van der Waals surface area contributed by atoms with E-state index in [0.717, 1.165) is 46.5 Å². The number of benzene rings is 2. The third-order valence-electron chi connectivity index (χ3n) is 4.69. The maximum Gasteiger partial charge on any atom is 2.00 e. The topological polar surface area (TPSA) is 33.4 Å². The fraction of sp³-hybridized carbons (Fsp3) is 0.0833. The van der Waals surface area contributed by atoms with Crippen molar-refractivity contribution in [3.8, 4) is 5.82 Å². The van der Waals surface area contributed by atoms with Crippen molar-refractivity contribution in [1.82, 2.24) is 9.55 Å². The average Bonchev–Trinajstić information content (AvgIpc) is 3.50. The van der Waals surface area contributed by atoms with Crippen LogP contribution in [0.3, 0.4) is 0 Å². The van der Waals surface area contributed by atoms with Gasteiger partial charge in [-0.15, -0.1) is 42.1 Å². The molecule has 150 valence electrons. The fourth-order valence-corrected chi connectivity index (χ4v) is 4.05. The Bertz CT molecular complexity index is 1140. The zero-order chi connectivity index (χ0) is 19.5. The quantitative estimate of drug-likeness (QED) is 0.219. The van der Waals surface area contributed by atoms with Crippen molar-refractivity contribution in [1.29, 1.82) is 0 Å². The summed E-state index contributed by atoms with van der Waals surface area (Å²) in [4.78, 5) is 7.02. The van der Waals surface area contributed by atoms with E-state index < -0.39 is 0 Å². The van der Waals surface area contributed by atoms with Gasteiger partial charge in [0, 0.05) is 11.4 Å². The van der Waals surface area contributed by atoms with E-state index in [1.807, 2.05) is 59.3 Å². The van der Waals surface area contributed by atoms with E-state index in [0.29, 0.717) is 0 Å². The number of aromatic nitrogens is 2. The van der Waals surface area contributed by atoms with Crippen LogP contribution in [0.5, 0.6) is 0 Å². The van der Waals surface area contributed by atoms with Crippen LogP contribution < -0.4 is 4.90 Å².